The lowest BCUT2D eigenvalue weighted by Crippen LogP contribution is -2.41. The van der Waals surface area contributed by atoms with Gasteiger partial charge in [-0.1, -0.05) is 18.9 Å². The van der Waals surface area contributed by atoms with Crippen LogP contribution in [0, 0.1) is 5.82 Å². The molecule has 1 aliphatic carbocycles. The number of halogens is 1. The van der Waals surface area contributed by atoms with Crippen LogP contribution < -0.4 is 10.9 Å². The number of hydrogen-bond acceptors (Lipinski definition) is 7. The number of rotatable bonds is 5. The van der Waals surface area contributed by atoms with Crippen molar-refractivity contribution in [1.29, 1.82) is 0 Å². The normalized spacial score (nSPS) is 19.8. The Morgan fingerprint density at radius 3 is 2.56 bits per heavy atom. The lowest BCUT2D eigenvalue weighted by molar-refractivity contribution is 0.0730. The number of nitrogens with zero attached hydrogens (tertiary/aromatic N) is 3. The first-order valence-corrected chi connectivity index (χ1v) is 13.7. The van der Waals surface area contributed by atoms with Gasteiger partial charge in [0.1, 0.15) is 11.6 Å². The Kier molecular flexibility index (Phi) is 6.60. The summed E-state index contributed by atoms with van der Waals surface area (Å²) in [6.45, 7) is 0.938. The fraction of sp³-hybridized carbons (Fsp3) is 0.542. The van der Waals surface area contributed by atoms with Gasteiger partial charge >= 0.3 is 0 Å². The molecule has 12 heteroatoms. The van der Waals surface area contributed by atoms with Gasteiger partial charge in [-0.15, -0.1) is 0 Å². The smallest absolute Gasteiger partial charge is 0.296 e. The fourth-order valence-electron chi connectivity index (χ4n) is 5.63. The van der Waals surface area contributed by atoms with Crippen LogP contribution in [0.3, 0.4) is 0 Å². The van der Waals surface area contributed by atoms with E-state index in [4.69, 9.17) is 4.74 Å². The third-order valence-corrected chi connectivity index (χ3v) is 9.47. The molecule has 10 nitrogen and oxygen atoms in total. The predicted molar refractivity (Wildman–Crippen MR) is 127 cm³/mol. The number of carbonyl (C=O) groups excluding carboxylic acids is 1. The number of hydrogen-bond donors (Lipinski definition) is 2. The van der Waals surface area contributed by atoms with E-state index in [1.165, 1.54) is 14.9 Å². The number of benzene rings is 1. The van der Waals surface area contributed by atoms with Crippen LogP contribution in [-0.4, -0.2) is 59.6 Å². The minimum atomic E-state index is -4.03. The molecule has 5 rings (SSSR count). The number of morpholine rings is 1. The molecule has 36 heavy (non-hydrogen) atoms. The molecule has 1 spiro atoms. The first kappa shape index (κ1) is 24.8. The average Bonchev–Trinajstić information content (AvgIpc) is 3.35. The van der Waals surface area contributed by atoms with Crippen molar-refractivity contribution in [1.82, 2.24) is 19.2 Å². The van der Waals surface area contributed by atoms with Crippen molar-refractivity contribution in [3.05, 3.63) is 51.5 Å². The third kappa shape index (κ3) is 4.31. The fourth-order valence-corrected chi connectivity index (χ4v) is 7.27. The van der Waals surface area contributed by atoms with E-state index < -0.39 is 33.1 Å². The van der Waals surface area contributed by atoms with E-state index in [-0.39, 0.29) is 54.4 Å². The lowest BCUT2D eigenvalue weighted by Gasteiger charge is -2.35. The Morgan fingerprint density at radius 1 is 1.14 bits per heavy atom. The number of nitrogens with one attached hydrogen (secondary N) is 1. The zero-order valence-corrected chi connectivity index (χ0v) is 20.7. The van der Waals surface area contributed by atoms with E-state index in [1.54, 1.807) is 0 Å². The Hall–Kier alpha value is -2.83. The van der Waals surface area contributed by atoms with E-state index >= 15 is 0 Å². The summed E-state index contributed by atoms with van der Waals surface area (Å²) < 4.78 is 48.3. The van der Waals surface area contributed by atoms with Crippen molar-refractivity contribution in [3.8, 4) is 5.75 Å². The molecule has 1 amide bonds. The molecule has 2 aromatic rings. The second kappa shape index (κ2) is 9.56. The maximum Gasteiger partial charge on any atom is 0.296 e. The van der Waals surface area contributed by atoms with Gasteiger partial charge in [0.25, 0.3) is 11.5 Å². The monoisotopic (exact) mass is 520 g/mol. The summed E-state index contributed by atoms with van der Waals surface area (Å²) in [6.07, 6.45) is 5.48. The highest BCUT2D eigenvalue weighted by Gasteiger charge is 2.42. The zero-order chi connectivity index (χ0) is 25.5. The standard InChI is InChI=1S/C24H29FN4O6S/c25-17-5-4-16(18(14-17)36(33,34)28-10-12-35-13-11-28)15-26-21(31)19-20(30)22(32)29-9-3-8-24(23(29)27-19)6-1-2-7-24/h4-5,14,30H,1-3,6-13,15H2,(H,26,31). The number of carbonyl (C=O) groups is 1. The SMILES string of the molecule is O=C(NCc1ccc(F)cc1S(=O)(=O)N1CCOCC1)c1nc2n(c(=O)c1O)CCCC21CCCC1. The number of aromatic hydroxyl groups is 1. The molecule has 1 saturated carbocycles. The summed E-state index contributed by atoms with van der Waals surface area (Å²) in [5, 5.41) is 13.1. The molecular weight excluding hydrogens is 491 g/mol. The van der Waals surface area contributed by atoms with Gasteiger partial charge in [0.2, 0.25) is 15.8 Å². The maximum atomic E-state index is 14.0. The topological polar surface area (TPSA) is 131 Å². The Balaban J connectivity index is 1.43. The van der Waals surface area contributed by atoms with Crippen molar-refractivity contribution in [2.24, 2.45) is 0 Å². The van der Waals surface area contributed by atoms with Crippen LogP contribution in [0.2, 0.25) is 0 Å². The zero-order valence-electron chi connectivity index (χ0n) is 19.8. The Labute approximate surface area is 208 Å². The minimum absolute atomic E-state index is 0.142. The van der Waals surface area contributed by atoms with Gasteiger partial charge in [-0.25, -0.2) is 17.8 Å². The van der Waals surface area contributed by atoms with E-state index in [1.807, 2.05) is 0 Å². The van der Waals surface area contributed by atoms with Crippen molar-refractivity contribution >= 4 is 15.9 Å². The van der Waals surface area contributed by atoms with Gasteiger partial charge in [-0.2, -0.15) is 4.31 Å². The molecule has 1 aromatic heterocycles. The lowest BCUT2D eigenvalue weighted by atomic mass is 9.78. The van der Waals surface area contributed by atoms with Gasteiger partial charge < -0.3 is 15.2 Å². The molecule has 1 saturated heterocycles. The molecule has 194 valence electrons. The predicted octanol–water partition coefficient (Wildman–Crippen LogP) is 1.64. The van der Waals surface area contributed by atoms with Gasteiger partial charge in [-0.3, -0.25) is 14.2 Å². The van der Waals surface area contributed by atoms with Crippen LogP contribution >= 0.6 is 0 Å². The summed E-state index contributed by atoms with van der Waals surface area (Å²) in [4.78, 5) is 30.2. The molecule has 0 radical (unpaired) electrons. The van der Waals surface area contributed by atoms with E-state index in [0.717, 1.165) is 50.7 Å². The van der Waals surface area contributed by atoms with Crippen LogP contribution in [0.15, 0.2) is 27.9 Å². The second-order valence-corrected chi connectivity index (χ2v) is 11.5. The number of amides is 1. The van der Waals surface area contributed by atoms with Gasteiger partial charge in [-0.05, 0) is 43.4 Å². The van der Waals surface area contributed by atoms with E-state index in [0.29, 0.717) is 12.4 Å². The van der Waals surface area contributed by atoms with Crippen molar-refractivity contribution < 1.29 is 27.4 Å². The maximum absolute atomic E-state index is 14.0. The highest BCUT2D eigenvalue weighted by molar-refractivity contribution is 7.89. The molecule has 0 bridgehead atoms. The Bertz CT molecular complexity index is 1350. The highest BCUT2D eigenvalue weighted by Crippen LogP contribution is 2.45. The molecule has 2 fully saturated rings. The molecule has 0 atom stereocenters. The second-order valence-electron chi connectivity index (χ2n) is 9.63. The van der Waals surface area contributed by atoms with Crippen molar-refractivity contribution in [2.75, 3.05) is 26.3 Å². The minimum Gasteiger partial charge on any atom is -0.501 e. The summed E-state index contributed by atoms with van der Waals surface area (Å²) in [5.74, 6) is -1.71. The summed E-state index contributed by atoms with van der Waals surface area (Å²) >= 11 is 0. The Morgan fingerprint density at radius 2 is 1.83 bits per heavy atom. The average molecular weight is 521 g/mol. The molecule has 1 aromatic carbocycles. The highest BCUT2D eigenvalue weighted by atomic mass is 32.2. The van der Waals surface area contributed by atoms with Crippen LogP contribution in [0.25, 0.3) is 0 Å². The van der Waals surface area contributed by atoms with Crippen LogP contribution in [-0.2, 0) is 33.3 Å². The summed E-state index contributed by atoms with van der Waals surface area (Å²) in [5.41, 5.74) is -1.11. The number of ether oxygens (including phenoxy) is 1. The van der Waals surface area contributed by atoms with Gasteiger partial charge in [0.15, 0.2) is 5.69 Å². The van der Waals surface area contributed by atoms with Crippen LogP contribution in [0.1, 0.15) is 60.4 Å². The van der Waals surface area contributed by atoms with Crippen molar-refractivity contribution in [3.63, 3.8) is 0 Å². The van der Waals surface area contributed by atoms with Gasteiger partial charge in [0, 0.05) is 31.6 Å². The number of aromatic nitrogens is 2. The number of fused-ring (bicyclic) bond motifs is 2. The van der Waals surface area contributed by atoms with Gasteiger partial charge in [0.05, 0.1) is 18.1 Å². The summed E-state index contributed by atoms with van der Waals surface area (Å²) in [6, 6.07) is 3.34. The molecule has 0 unspecified atom stereocenters. The largest absolute Gasteiger partial charge is 0.501 e. The molecule has 2 aliphatic heterocycles. The first-order valence-electron chi connectivity index (χ1n) is 12.2. The quantitative estimate of drug-likeness (QED) is 0.613. The van der Waals surface area contributed by atoms with E-state index in [9.17, 15) is 27.5 Å². The van der Waals surface area contributed by atoms with Crippen LogP contribution in [0.4, 0.5) is 4.39 Å². The molecule has 3 heterocycles. The first-order chi connectivity index (χ1) is 17.2. The molecule has 2 N–H and O–H groups in total. The third-order valence-electron chi connectivity index (χ3n) is 7.49. The molecule has 3 aliphatic rings. The van der Waals surface area contributed by atoms with Crippen molar-refractivity contribution in [2.45, 2.75) is 61.9 Å². The molecular formula is C24H29FN4O6S. The summed E-state index contributed by atoms with van der Waals surface area (Å²) in [7, 11) is -4.03. The van der Waals surface area contributed by atoms with Crippen LogP contribution in [0.5, 0.6) is 5.75 Å². The van der Waals surface area contributed by atoms with E-state index in [2.05, 4.69) is 10.3 Å². The number of sulfonamides is 1.